The SMILES string of the molecule is CCCCCC(=O)Oc1cccc(N2C(=O)[C@@H]3[C@H]4C[C@@H]([C@H](Br)[C@@H]4Br)[C@@H]3C2=O)c1. The van der Waals surface area contributed by atoms with Crippen molar-refractivity contribution in [2.24, 2.45) is 23.7 Å². The Labute approximate surface area is 181 Å². The summed E-state index contributed by atoms with van der Waals surface area (Å²) in [4.78, 5) is 39.9. The second kappa shape index (κ2) is 7.90. The molecular formula is C21H23Br2NO4. The number of amides is 2. The first-order valence-corrected chi connectivity index (χ1v) is 11.7. The van der Waals surface area contributed by atoms with Gasteiger partial charge in [-0.3, -0.25) is 14.4 Å². The Bertz CT molecular complexity index is 781. The van der Waals surface area contributed by atoms with Crippen LogP contribution < -0.4 is 9.64 Å². The lowest BCUT2D eigenvalue weighted by molar-refractivity contribution is -0.134. The largest absolute Gasteiger partial charge is 0.426 e. The smallest absolute Gasteiger partial charge is 0.311 e. The molecule has 6 atom stereocenters. The number of alkyl halides is 2. The third-order valence-corrected chi connectivity index (χ3v) is 9.49. The van der Waals surface area contributed by atoms with Crippen molar-refractivity contribution in [3.8, 4) is 5.75 Å². The second-order valence-corrected chi connectivity index (χ2v) is 10.1. The van der Waals surface area contributed by atoms with Gasteiger partial charge in [0.2, 0.25) is 11.8 Å². The van der Waals surface area contributed by atoms with Crippen molar-refractivity contribution in [1.82, 2.24) is 0 Å². The van der Waals surface area contributed by atoms with Gasteiger partial charge in [-0.15, -0.1) is 0 Å². The first-order valence-electron chi connectivity index (χ1n) is 9.90. The zero-order valence-electron chi connectivity index (χ0n) is 15.6. The van der Waals surface area contributed by atoms with Gasteiger partial charge in [0.1, 0.15) is 5.75 Å². The summed E-state index contributed by atoms with van der Waals surface area (Å²) < 4.78 is 5.41. The van der Waals surface area contributed by atoms with Crippen LogP contribution in [-0.2, 0) is 14.4 Å². The van der Waals surface area contributed by atoms with Gasteiger partial charge in [0, 0.05) is 22.1 Å². The summed E-state index contributed by atoms with van der Waals surface area (Å²) in [6, 6.07) is 6.74. The minimum atomic E-state index is -0.288. The quantitative estimate of drug-likeness (QED) is 0.186. The van der Waals surface area contributed by atoms with E-state index in [1.807, 2.05) is 0 Å². The fraction of sp³-hybridized carbons (Fsp3) is 0.571. The molecule has 0 spiro atoms. The van der Waals surface area contributed by atoms with Crippen LogP contribution in [0, 0.1) is 23.7 Å². The van der Waals surface area contributed by atoms with Crippen LogP contribution in [-0.4, -0.2) is 27.4 Å². The van der Waals surface area contributed by atoms with Gasteiger partial charge in [-0.25, -0.2) is 4.90 Å². The van der Waals surface area contributed by atoms with Gasteiger partial charge in [0.05, 0.1) is 17.5 Å². The fourth-order valence-electron chi connectivity index (χ4n) is 4.99. The van der Waals surface area contributed by atoms with Gasteiger partial charge < -0.3 is 4.74 Å². The van der Waals surface area contributed by atoms with Crippen LogP contribution in [0.1, 0.15) is 39.0 Å². The van der Waals surface area contributed by atoms with E-state index in [1.165, 1.54) is 4.90 Å². The molecule has 2 saturated carbocycles. The standard InChI is InChI=1S/C21H23Br2NO4/c1-2-3-4-8-15(25)28-12-7-5-6-11(9-12)24-20(26)16-13-10-14(17(16)21(24)27)19(23)18(13)22/h5-7,9,13-14,16-19H,2-4,8,10H2,1H3/t13-,14-,16-,17+,18-,19+/m1/s1. The second-order valence-electron chi connectivity index (χ2n) is 7.94. The lowest BCUT2D eigenvalue weighted by Gasteiger charge is -2.28. The zero-order valence-corrected chi connectivity index (χ0v) is 18.8. The topological polar surface area (TPSA) is 63.7 Å². The van der Waals surface area contributed by atoms with Gasteiger partial charge in [0.15, 0.2) is 0 Å². The van der Waals surface area contributed by atoms with Gasteiger partial charge >= 0.3 is 5.97 Å². The number of ether oxygens (including phenoxy) is 1. The van der Waals surface area contributed by atoms with E-state index in [2.05, 4.69) is 38.8 Å². The third kappa shape index (κ3) is 3.24. The Hall–Kier alpha value is -1.21. The number of benzene rings is 1. The van der Waals surface area contributed by atoms with Crippen LogP contribution in [0.15, 0.2) is 24.3 Å². The number of carbonyl (C=O) groups is 3. The first kappa shape index (κ1) is 20.1. The van der Waals surface area contributed by atoms with E-state index >= 15 is 0 Å². The molecule has 28 heavy (non-hydrogen) atoms. The molecule has 2 amide bonds. The molecule has 3 aliphatic rings. The molecule has 0 unspecified atom stereocenters. The van der Waals surface area contributed by atoms with Crippen LogP contribution in [0.25, 0.3) is 0 Å². The summed E-state index contributed by atoms with van der Waals surface area (Å²) in [6.07, 6.45) is 4.09. The highest BCUT2D eigenvalue weighted by molar-refractivity contribution is 9.12. The average molecular weight is 513 g/mol. The molecule has 0 aromatic heterocycles. The number of unbranched alkanes of at least 4 members (excludes halogenated alkanes) is 2. The molecular weight excluding hydrogens is 490 g/mol. The zero-order chi connectivity index (χ0) is 20.0. The molecule has 3 fully saturated rings. The number of rotatable bonds is 6. The van der Waals surface area contributed by atoms with Crippen molar-refractivity contribution in [2.45, 2.75) is 48.7 Å². The lowest BCUT2D eigenvalue weighted by Crippen LogP contribution is -2.37. The van der Waals surface area contributed by atoms with E-state index in [0.29, 0.717) is 17.9 Å². The number of esters is 1. The van der Waals surface area contributed by atoms with Crippen molar-refractivity contribution >= 4 is 55.3 Å². The summed E-state index contributed by atoms with van der Waals surface area (Å²) in [5.41, 5.74) is 0.486. The molecule has 2 aliphatic carbocycles. The first-order chi connectivity index (χ1) is 13.4. The van der Waals surface area contributed by atoms with E-state index in [0.717, 1.165) is 25.7 Å². The Morgan fingerprint density at radius 1 is 1.11 bits per heavy atom. The molecule has 0 N–H and O–H groups in total. The monoisotopic (exact) mass is 511 g/mol. The molecule has 1 saturated heterocycles. The Kier molecular flexibility index (Phi) is 5.67. The Morgan fingerprint density at radius 2 is 1.75 bits per heavy atom. The number of nitrogens with zero attached hydrogens (tertiary/aromatic N) is 1. The van der Waals surface area contributed by atoms with Gasteiger partial charge in [-0.2, -0.15) is 0 Å². The van der Waals surface area contributed by atoms with Crippen LogP contribution in [0.5, 0.6) is 5.75 Å². The number of imide groups is 1. The molecule has 1 aromatic carbocycles. The van der Waals surface area contributed by atoms with Crippen molar-refractivity contribution in [3.63, 3.8) is 0 Å². The molecule has 7 heteroatoms. The highest BCUT2D eigenvalue weighted by Gasteiger charge is 2.66. The minimum Gasteiger partial charge on any atom is -0.426 e. The summed E-state index contributed by atoms with van der Waals surface area (Å²) in [5.74, 6) is -0.316. The van der Waals surface area contributed by atoms with Crippen LogP contribution in [0.3, 0.4) is 0 Å². The number of fused-ring (bicyclic) bond motifs is 5. The molecule has 2 bridgehead atoms. The van der Waals surface area contributed by atoms with E-state index in [4.69, 9.17) is 4.74 Å². The molecule has 5 nitrogen and oxygen atoms in total. The molecule has 1 aliphatic heterocycles. The van der Waals surface area contributed by atoms with Crippen molar-refractivity contribution in [3.05, 3.63) is 24.3 Å². The number of hydrogen-bond acceptors (Lipinski definition) is 4. The maximum absolute atomic E-state index is 13.1. The number of carbonyl (C=O) groups excluding carboxylic acids is 3. The molecule has 1 heterocycles. The maximum Gasteiger partial charge on any atom is 0.311 e. The van der Waals surface area contributed by atoms with Crippen molar-refractivity contribution in [1.29, 1.82) is 0 Å². The molecule has 150 valence electrons. The minimum absolute atomic E-state index is 0.127. The highest BCUT2D eigenvalue weighted by Crippen LogP contribution is 2.60. The van der Waals surface area contributed by atoms with Crippen LogP contribution in [0.4, 0.5) is 5.69 Å². The predicted octanol–water partition coefficient (Wildman–Crippen LogP) is 4.45. The third-order valence-electron chi connectivity index (χ3n) is 6.28. The number of anilines is 1. The Balaban J connectivity index is 1.52. The molecule has 4 rings (SSSR count). The summed E-state index contributed by atoms with van der Waals surface area (Å²) >= 11 is 7.40. The summed E-state index contributed by atoms with van der Waals surface area (Å²) in [5, 5.41) is 0. The van der Waals surface area contributed by atoms with Gasteiger partial charge in [0.25, 0.3) is 0 Å². The maximum atomic E-state index is 13.1. The fourth-order valence-corrected chi connectivity index (χ4v) is 6.86. The van der Waals surface area contributed by atoms with E-state index in [1.54, 1.807) is 24.3 Å². The summed E-state index contributed by atoms with van der Waals surface area (Å²) in [6.45, 7) is 2.08. The van der Waals surface area contributed by atoms with Crippen molar-refractivity contribution in [2.75, 3.05) is 4.90 Å². The highest BCUT2D eigenvalue weighted by atomic mass is 79.9. The average Bonchev–Trinajstić information content (AvgIpc) is 3.27. The molecule has 0 radical (unpaired) electrons. The van der Waals surface area contributed by atoms with E-state index in [9.17, 15) is 14.4 Å². The van der Waals surface area contributed by atoms with E-state index in [-0.39, 0.29) is 51.1 Å². The predicted molar refractivity (Wildman–Crippen MR) is 113 cm³/mol. The normalized spacial score (nSPS) is 33.5. The van der Waals surface area contributed by atoms with E-state index < -0.39 is 0 Å². The summed E-state index contributed by atoms with van der Waals surface area (Å²) in [7, 11) is 0. The number of hydrogen-bond donors (Lipinski definition) is 0. The number of halogens is 2. The van der Waals surface area contributed by atoms with Crippen molar-refractivity contribution < 1.29 is 19.1 Å². The van der Waals surface area contributed by atoms with Crippen LogP contribution in [0.2, 0.25) is 0 Å². The van der Waals surface area contributed by atoms with Gasteiger partial charge in [-0.05, 0) is 36.8 Å². The molecule has 1 aromatic rings. The van der Waals surface area contributed by atoms with Gasteiger partial charge in [-0.1, -0.05) is 57.7 Å². The Morgan fingerprint density at radius 3 is 2.36 bits per heavy atom. The van der Waals surface area contributed by atoms with Crippen LogP contribution >= 0.6 is 31.9 Å². The lowest BCUT2D eigenvalue weighted by atomic mass is 9.81.